The molecule has 15 heavy (non-hydrogen) atoms. The Balaban J connectivity index is 2.37. The zero-order chi connectivity index (χ0) is 10.8. The van der Waals surface area contributed by atoms with Gasteiger partial charge < -0.3 is 14.8 Å². The first kappa shape index (κ1) is 9.58. The summed E-state index contributed by atoms with van der Waals surface area (Å²) in [6.45, 7) is 1.97. The van der Waals surface area contributed by atoms with Crippen LogP contribution < -0.4 is 0 Å². The molecule has 1 aromatic heterocycles. The molecule has 0 aliphatic heterocycles. The molecule has 0 aliphatic carbocycles. The fourth-order valence-corrected chi connectivity index (χ4v) is 1.53. The number of aromatic nitrogens is 2. The molecule has 0 amide bonds. The van der Waals surface area contributed by atoms with Crippen LogP contribution in [-0.2, 0) is 0 Å². The van der Waals surface area contributed by atoms with Crippen LogP contribution in [0.25, 0.3) is 0 Å². The second-order valence-electron chi connectivity index (χ2n) is 3.47. The average Bonchev–Trinajstić information content (AvgIpc) is 2.67. The van der Waals surface area contributed by atoms with E-state index < -0.39 is 0 Å². The summed E-state index contributed by atoms with van der Waals surface area (Å²) in [7, 11) is 0. The fraction of sp³-hybridized carbons (Fsp3) is 0.182. The van der Waals surface area contributed by atoms with Gasteiger partial charge in [-0.05, 0) is 24.6 Å². The lowest BCUT2D eigenvalue weighted by Gasteiger charge is -2.13. The number of imidazole rings is 1. The Morgan fingerprint density at radius 1 is 1.20 bits per heavy atom. The van der Waals surface area contributed by atoms with Crippen molar-refractivity contribution in [2.75, 3.05) is 0 Å². The summed E-state index contributed by atoms with van der Waals surface area (Å²) in [6, 6.07) is 4.60. The minimum atomic E-state index is 0.0329. The van der Waals surface area contributed by atoms with Crippen LogP contribution in [0.2, 0.25) is 0 Å². The van der Waals surface area contributed by atoms with Crippen LogP contribution in [0.5, 0.6) is 11.5 Å². The fourth-order valence-electron chi connectivity index (χ4n) is 1.53. The normalized spacial score (nSPS) is 12.6. The van der Waals surface area contributed by atoms with Gasteiger partial charge >= 0.3 is 0 Å². The highest BCUT2D eigenvalue weighted by Gasteiger charge is 2.08. The van der Waals surface area contributed by atoms with E-state index in [1.54, 1.807) is 24.7 Å². The maximum atomic E-state index is 9.36. The van der Waals surface area contributed by atoms with Crippen LogP contribution in [0, 0.1) is 0 Å². The van der Waals surface area contributed by atoms with Gasteiger partial charge in [-0.25, -0.2) is 4.98 Å². The second kappa shape index (κ2) is 3.65. The number of hydrogen-bond acceptors (Lipinski definition) is 3. The molecule has 1 atom stereocenters. The number of nitrogens with zero attached hydrogens (tertiary/aromatic N) is 2. The molecule has 2 rings (SSSR count). The Bertz CT molecular complexity index is 431. The third-order valence-electron chi connectivity index (χ3n) is 2.38. The Morgan fingerprint density at radius 2 is 1.87 bits per heavy atom. The molecule has 78 valence electrons. The molecule has 1 unspecified atom stereocenters. The molecule has 0 fully saturated rings. The zero-order valence-corrected chi connectivity index (χ0v) is 8.33. The van der Waals surface area contributed by atoms with E-state index in [4.69, 9.17) is 0 Å². The van der Waals surface area contributed by atoms with Crippen LogP contribution >= 0.6 is 0 Å². The largest absolute Gasteiger partial charge is 0.508 e. The number of phenols is 2. The summed E-state index contributed by atoms with van der Waals surface area (Å²) < 4.78 is 1.90. The first-order valence-electron chi connectivity index (χ1n) is 4.67. The number of phenolic OH excluding ortho intramolecular Hbond substituents is 2. The Labute approximate surface area is 87.4 Å². The monoisotopic (exact) mass is 204 g/mol. The smallest absolute Gasteiger partial charge is 0.119 e. The van der Waals surface area contributed by atoms with Crippen molar-refractivity contribution in [3.8, 4) is 11.5 Å². The lowest BCUT2D eigenvalue weighted by Crippen LogP contribution is -2.03. The average molecular weight is 204 g/mol. The molecule has 0 saturated carbocycles. The Morgan fingerprint density at radius 3 is 2.40 bits per heavy atom. The summed E-state index contributed by atoms with van der Waals surface area (Å²) in [5.74, 6) is 0.133. The van der Waals surface area contributed by atoms with Crippen LogP contribution in [0.15, 0.2) is 36.9 Å². The van der Waals surface area contributed by atoms with Gasteiger partial charge in [0, 0.05) is 18.5 Å². The molecule has 4 nitrogen and oxygen atoms in total. The number of benzene rings is 1. The minimum absolute atomic E-state index is 0.0329. The van der Waals surface area contributed by atoms with Gasteiger partial charge in [0.1, 0.15) is 11.5 Å². The molecule has 0 radical (unpaired) electrons. The van der Waals surface area contributed by atoms with E-state index in [2.05, 4.69) is 4.98 Å². The van der Waals surface area contributed by atoms with Gasteiger partial charge in [-0.3, -0.25) is 0 Å². The van der Waals surface area contributed by atoms with Crippen LogP contribution in [-0.4, -0.2) is 19.8 Å². The lowest BCUT2D eigenvalue weighted by atomic mass is 10.1. The Kier molecular flexibility index (Phi) is 2.33. The number of hydrogen-bond donors (Lipinski definition) is 2. The van der Waals surface area contributed by atoms with Gasteiger partial charge in [-0.2, -0.15) is 0 Å². The van der Waals surface area contributed by atoms with Crippen molar-refractivity contribution in [2.45, 2.75) is 13.0 Å². The van der Waals surface area contributed by atoms with E-state index in [0.717, 1.165) is 5.56 Å². The summed E-state index contributed by atoms with van der Waals surface area (Å²) in [6.07, 6.45) is 5.23. The van der Waals surface area contributed by atoms with E-state index >= 15 is 0 Å². The zero-order valence-electron chi connectivity index (χ0n) is 8.33. The van der Waals surface area contributed by atoms with E-state index in [9.17, 15) is 10.2 Å². The first-order chi connectivity index (χ1) is 7.16. The van der Waals surface area contributed by atoms with E-state index in [-0.39, 0.29) is 17.5 Å². The van der Waals surface area contributed by atoms with E-state index in [1.165, 1.54) is 6.07 Å². The Hall–Kier alpha value is -1.97. The summed E-state index contributed by atoms with van der Waals surface area (Å²) in [5.41, 5.74) is 0.838. The summed E-state index contributed by atoms with van der Waals surface area (Å²) >= 11 is 0. The molecule has 0 bridgehead atoms. The van der Waals surface area contributed by atoms with Gasteiger partial charge in [0.25, 0.3) is 0 Å². The minimum Gasteiger partial charge on any atom is -0.508 e. The van der Waals surface area contributed by atoms with Crippen LogP contribution in [0.3, 0.4) is 0 Å². The van der Waals surface area contributed by atoms with Gasteiger partial charge in [0.05, 0.1) is 12.4 Å². The molecule has 4 heteroatoms. The molecule has 1 aromatic carbocycles. The number of aromatic hydroxyl groups is 2. The third kappa shape index (κ3) is 1.93. The van der Waals surface area contributed by atoms with Gasteiger partial charge in [-0.15, -0.1) is 0 Å². The first-order valence-corrected chi connectivity index (χ1v) is 4.67. The molecule has 1 heterocycles. The molecule has 0 aliphatic rings. The second-order valence-corrected chi connectivity index (χ2v) is 3.47. The van der Waals surface area contributed by atoms with Crippen molar-refractivity contribution in [3.05, 3.63) is 42.5 Å². The van der Waals surface area contributed by atoms with Gasteiger partial charge in [0.15, 0.2) is 0 Å². The highest BCUT2D eigenvalue weighted by molar-refractivity contribution is 5.38. The third-order valence-corrected chi connectivity index (χ3v) is 2.38. The van der Waals surface area contributed by atoms with Crippen LogP contribution in [0.4, 0.5) is 0 Å². The van der Waals surface area contributed by atoms with E-state index in [1.807, 2.05) is 17.7 Å². The topological polar surface area (TPSA) is 58.3 Å². The summed E-state index contributed by atoms with van der Waals surface area (Å²) in [4.78, 5) is 3.95. The highest BCUT2D eigenvalue weighted by atomic mass is 16.3. The predicted molar refractivity (Wildman–Crippen MR) is 55.8 cm³/mol. The van der Waals surface area contributed by atoms with Crippen molar-refractivity contribution in [2.24, 2.45) is 0 Å². The van der Waals surface area contributed by atoms with Crippen molar-refractivity contribution < 1.29 is 10.2 Å². The molecule has 0 saturated heterocycles. The summed E-state index contributed by atoms with van der Waals surface area (Å²) in [5, 5.41) is 18.7. The standard InChI is InChI=1S/C11H12N2O2/c1-8(13-3-2-12-7-13)9-4-10(14)6-11(15)5-9/h2-8,14-15H,1H3. The van der Waals surface area contributed by atoms with Crippen molar-refractivity contribution in [1.29, 1.82) is 0 Å². The number of rotatable bonds is 2. The maximum absolute atomic E-state index is 9.36. The van der Waals surface area contributed by atoms with E-state index in [0.29, 0.717) is 0 Å². The van der Waals surface area contributed by atoms with Crippen molar-refractivity contribution in [1.82, 2.24) is 9.55 Å². The van der Waals surface area contributed by atoms with Crippen LogP contribution in [0.1, 0.15) is 18.5 Å². The molecule has 2 aromatic rings. The van der Waals surface area contributed by atoms with Crippen molar-refractivity contribution >= 4 is 0 Å². The molecule has 2 N–H and O–H groups in total. The molecular weight excluding hydrogens is 192 g/mol. The quantitative estimate of drug-likeness (QED) is 0.785. The lowest BCUT2D eigenvalue weighted by molar-refractivity contribution is 0.447. The predicted octanol–water partition coefficient (Wildman–Crippen LogP) is 1.90. The molecule has 0 spiro atoms. The van der Waals surface area contributed by atoms with Gasteiger partial charge in [0.2, 0.25) is 0 Å². The SMILES string of the molecule is CC(c1cc(O)cc(O)c1)n1ccnc1. The molecular formula is C11H12N2O2. The maximum Gasteiger partial charge on any atom is 0.119 e. The van der Waals surface area contributed by atoms with Crippen molar-refractivity contribution in [3.63, 3.8) is 0 Å². The highest BCUT2D eigenvalue weighted by Crippen LogP contribution is 2.26. The van der Waals surface area contributed by atoms with Gasteiger partial charge in [-0.1, -0.05) is 0 Å².